The predicted octanol–water partition coefficient (Wildman–Crippen LogP) is 1.79. The Balaban J connectivity index is 2.34. The predicted molar refractivity (Wildman–Crippen MR) is 50.6 cm³/mol. The first-order chi connectivity index (χ1) is 5.98. The van der Waals surface area contributed by atoms with Gasteiger partial charge in [-0.15, -0.1) is 0 Å². The smallest absolute Gasteiger partial charge is 0.122 e. The van der Waals surface area contributed by atoms with Gasteiger partial charge in [-0.05, 0) is 6.07 Å². The Morgan fingerprint density at radius 2 is 2.15 bits per heavy atom. The van der Waals surface area contributed by atoms with Crippen LogP contribution in [-0.2, 0) is 17.2 Å². The Bertz CT molecular complexity index is 318. The first kappa shape index (κ1) is 8.75. The highest BCUT2D eigenvalue weighted by Crippen LogP contribution is 2.32. The lowest BCUT2D eigenvalue weighted by molar-refractivity contribution is 0.404. The first-order valence-electron chi connectivity index (χ1n) is 4.64. The van der Waals surface area contributed by atoms with E-state index in [-0.39, 0.29) is 5.41 Å². The summed E-state index contributed by atoms with van der Waals surface area (Å²) in [5.74, 6) is 0. The van der Waals surface area contributed by atoms with E-state index < -0.39 is 0 Å². The number of hydrogen-bond acceptors (Lipinski definition) is 2. The zero-order chi connectivity index (χ0) is 9.64. The molecule has 1 atom stereocenters. The average molecular weight is 180 g/mol. The molecule has 0 unspecified atom stereocenters. The zero-order valence-electron chi connectivity index (χ0n) is 8.66. The van der Waals surface area contributed by atoms with Gasteiger partial charge in [-0.3, -0.25) is 4.68 Å². The molecule has 0 bridgehead atoms. The van der Waals surface area contributed by atoms with Crippen LogP contribution in [0.2, 0.25) is 0 Å². The molecule has 2 heterocycles. The minimum atomic E-state index is 0.130. The van der Waals surface area contributed by atoms with E-state index in [9.17, 15) is 0 Å². The van der Waals surface area contributed by atoms with Crippen molar-refractivity contribution >= 4 is 0 Å². The number of ether oxygens (including phenoxy) is 1. The molecule has 0 N–H and O–H groups in total. The third kappa shape index (κ3) is 1.61. The van der Waals surface area contributed by atoms with Crippen LogP contribution >= 0.6 is 0 Å². The minimum Gasteiger partial charge on any atom is -0.366 e. The van der Waals surface area contributed by atoms with Gasteiger partial charge >= 0.3 is 0 Å². The molecule has 1 aromatic heterocycles. The van der Waals surface area contributed by atoms with Gasteiger partial charge in [0.05, 0.1) is 18.0 Å². The number of hydrogen-bond donors (Lipinski definition) is 0. The topological polar surface area (TPSA) is 30.4 Å². The summed E-state index contributed by atoms with van der Waals surface area (Å²) in [4.78, 5) is 0. The van der Waals surface area contributed by atoms with Crippen molar-refractivity contribution in [3.8, 4) is 0 Å². The van der Waals surface area contributed by atoms with E-state index in [4.69, 9.17) is 4.74 Å². The van der Waals surface area contributed by atoms with Crippen molar-refractivity contribution in [2.24, 2.45) is 7.05 Å². The van der Waals surface area contributed by atoms with Crippen LogP contribution in [0, 0.1) is 0 Å². The van der Waals surface area contributed by atoms with Gasteiger partial charge in [0.1, 0.15) is 6.10 Å². The van der Waals surface area contributed by atoms with E-state index >= 15 is 0 Å². The standard InChI is InChI=1S/C10H16N2O/c1-10(2,3)9-5-7(8-6-13-8)12(4)11-9/h5,8H,6H2,1-4H3/t8-/m1/s1. The van der Waals surface area contributed by atoms with Crippen molar-refractivity contribution in [2.75, 3.05) is 6.61 Å². The molecule has 0 aliphatic carbocycles. The number of aryl methyl sites for hydroxylation is 1. The minimum absolute atomic E-state index is 0.130. The molecule has 13 heavy (non-hydrogen) atoms. The molecule has 1 saturated heterocycles. The molecule has 2 rings (SSSR count). The first-order valence-corrected chi connectivity index (χ1v) is 4.64. The van der Waals surface area contributed by atoms with Crippen LogP contribution in [0.4, 0.5) is 0 Å². The number of rotatable bonds is 1. The molecule has 72 valence electrons. The third-order valence-electron chi connectivity index (χ3n) is 2.35. The molecule has 3 nitrogen and oxygen atoms in total. The van der Waals surface area contributed by atoms with Crippen molar-refractivity contribution in [2.45, 2.75) is 32.3 Å². The summed E-state index contributed by atoms with van der Waals surface area (Å²) in [7, 11) is 1.98. The fraction of sp³-hybridized carbons (Fsp3) is 0.700. The third-order valence-corrected chi connectivity index (χ3v) is 2.35. The second-order valence-electron chi connectivity index (χ2n) is 4.65. The van der Waals surface area contributed by atoms with E-state index in [2.05, 4.69) is 31.9 Å². The van der Waals surface area contributed by atoms with Gasteiger partial charge in [0, 0.05) is 12.5 Å². The van der Waals surface area contributed by atoms with Gasteiger partial charge in [0.2, 0.25) is 0 Å². The summed E-state index contributed by atoms with van der Waals surface area (Å²) in [6.07, 6.45) is 0.300. The summed E-state index contributed by atoms with van der Waals surface area (Å²) in [5.41, 5.74) is 2.47. The van der Waals surface area contributed by atoms with E-state index in [1.807, 2.05) is 11.7 Å². The van der Waals surface area contributed by atoms with Gasteiger partial charge in [0.15, 0.2) is 0 Å². The maximum Gasteiger partial charge on any atom is 0.122 e. The van der Waals surface area contributed by atoms with Gasteiger partial charge in [-0.25, -0.2) is 0 Å². The van der Waals surface area contributed by atoms with Crippen molar-refractivity contribution < 1.29 is 4.74 Å². The van der Waals surface area contributed by atoms with Crippen LogP contribution in [0.1, 0.15) is 38.3 Å². The molecular weight excluding hydrogens is 164 g/mol. The fourth-order valence-electron chi connectivity index (χ4n) is 1.37. The monoisotopic (exact) mass is 180 g/mol. The summed E-state index contributed by atoms with van der Waals surface area (Å²) in [5, 5.41) is 4.48. The van der Waals surface area contributed by atoms with Crippen LogP contribution in [0.5, 0.6) is 0 Å². The molecular formula is C10H16N2O. The van der Waals surface area contributed by atoms with Crippen molar-refractivity contribution in [3.63, 3.8) is 0 Å². The quantitative estimate of drug-likeness (QED) is 0.617. The molecule has 0 amide bonds. The van der Waals surface area contributed by atoms with Gasteiger partial charge in [-0.2, -0.15) is 5.10 Å². The summed E-state index contributed by atoms with van der Waals surface area (Å²) < 4.78 is 7.17. The van der Waals surface area contributed by atoms with E-state index in [1.165, 1.54) is 5.69 Å². The molecule has 1 fully saturated rings. The highest BCUT2D eigenvalue weighted by molar-refractivity contribution is 5.20. The lowest BCUT2D eigenvalue weighted by atomic mass is 9.92. The van der Waals surface area contributed by atoms with Crippen LogP contribution in [0.15, 0.2) is 6.07 Å². The van der Waals surface area contributed by atoms with E-state index in [0.717, 1.165) is 12.3 Å². The van der Waals surface area contributed by atoms with Crippen molar-refractivity contribution in [1.29, 1.82) is 0 Å². The van der Waals surface area contributed by atoms with Crippen LogP contribution in [0.25, 0.3) is 0 Å². The summed E-state index contributed by atoms with van der Waals surface area (Å²) >= 11 is 0. The molecule has 1 aliphatic heterocycles. The van der Waals surface area contributed by atoms with Crippen LogP contribution < -0.4 is 0 Å². The maximum atomic E-state index is 5.24. The maximum absolute atomic E-state index is 5.24. The number of aromatic nitrogens is 2. The highest BCUT2D eigenvalue weighted by atomic mass is 16.6. The average Bonchev–Trinajstić information content (AvgIpc) is 2.73. The van der Waals surface area contributed by atoms with E-state index in [0.29, 0.717) is 6.10 Å². The lowest BCUT2D eigenvalue weighted by Crippen LogP contribution is -2.12. The summed E-state index contributed by atoms with van der Waals surface area (Å²) in [6.45, 7) is 7.37. The van der Waals surface area contributed by atoms with Crippen molar-refractivity contribution in [3.05, 3.63) is 17.5 Å². The largest absolute Gasteiger partial charge is 0.366 e. The fourth-order valence-corrected chi connectivity index (χ4v) is 1.37. The summed E-state index contributed by atoms with van der Waals surface area (Å²) in [6, 6.07) is 2.15. The van der Waals surface area contributed by atoms with Gasteiger partial charge in [-0.1, -0.05) is 20.8 Å². The number of epoxide rings is 1. The Labute approximate surface area is 78.7 Å². The molecule has 0 radical (unpaired) electrons. The molecule has 0 spiro atoms. The van der Waals surface area contributed by atoms with Crippen LogP contribution in [0.3, 0.4) is 0 Å². The Hall–Kier alpha value is -0.830. The second kappa shape index (κ2) is 2.58. The Morgan fingerprint density at radius 1 is 1.54 bits per heavy atom. The SMILES string of the molecule is Cn1nc(C(C)(C)C)cc1[C@H]1CO1. The highest BCUT2D eigenvalue weighted by Gasteiger charge is 2.30. The van der Waals surface area contributed by atoms with E-state index in [1.54, 1.807) is 0 Å². The van der Waals surface area contributed by atoms with Gasteiger partial charge < -0.3 is 4.74 Å². The van der Waals surface area contributed by atoms with Crippen LogP contribution in [-0.4, -0.2) is 16.4 Å². The van der Waals surface area contributed by atoms with Gasteiger partial charge in [0.25, 0.3) is 0 Å². The molecule has 1 aliphatic rings. The lowest BCUT2D eigenvalue weighted by Gasteiger charge is -2.13. The number of nitrogens with zero attached hydrogens (tertiary/aromatic N) is 2. The Morgan fingerprint density at radius 3 is 2.54 bits per heavy atom. The zero-order valence-corrected chi connectivity index (χ0v) is 8.66. The molecule has 3 heteroatoms. The second-order valence-corrected chi connectivity index (χ2v) is 4.65. The normalized spacial score (nSPS) is 22.0. The molecule has 1 aromatic rings. The molecule has 0 saturated carbocycles. The molecule has 0 aromatic carbocycles. The Kier molecular flexibility index (Phi) is 1.74. The van der Waals surface area contributed by atoms with Crippen molar-refractivity contribution in [1.82, 2.24) is 9.78 Å².